The van der Waals surface area contributed by atoms with Crippen LogP contribution in [0.2, 0.25) is 0 Å². The molecule has 0 radical (unpaired) electrons. The van der Waals surface area contributed by atoms with Gasteiger partial charge in [-0.15, -0.1) is 6.42 Å². The molecule has 0 saturated heterocycles. The lowest BCUT2D eigenvalue weighted by Crippen LogP contribution is -2.42. The first-order valence-electron chi connectivity index (χ1n) is 10.4. The molecule has 0 aliphatic heterocycles. The summed E-state index contributed by atoms with van der Waals surface area (Å²) in [7, 11) is 1.35. The summed E-state index contributed by atoms with van der Waals surface area (Å²) in [5, 5.41) is 9.80. The van der Waals surface area contributed by atoms with E-state index in [1.54, 1.807) is 13.0 Å². The Bertz CT molecular complexity index is 917. The van der Waals surface area contributed by atoms with Crippen LogP contribution in [0.3, 0.4) is 0 Å². The van der Waals surface area contributed by atoms with Crippen molar-refractivity contribution in [3.8, 4) is 12.3 Å². The van der Waals surface area contributed by atoms with Gasteiger partial charge < -0.3 is 5.11 Å². The molecule has 0 bridgehead atoms. The number of hydrogen-bond donors (Lipinski definition) is 1. The van der Waals surface area contributed by atoms with Crippen LogP contribution in [-0.4, -0.2) is 58.7 Å². The van der Waals surface area contributed by atoms with Crippen LogP contribution < -0.4 is 0 Å². The van der Waals surface area contributed by atoms with Gasteiger partial charge in [0.15, 0.2) is 0 Å². The molecule has 32 heavy (non-hydrogen) atoms. The zero-order valence-corrected chi connectivity index (χ0v) is 19.4. The monoisotopic (exact) mass is 440 g/mol. The Balaban J connectivity index is 3.52. The van der Waals surface area contributed by atoms with Crippen LogP contribution in [0.5, 0.6) is 0 Å². The minimum absolute atomic E-state index is 0.126. The van der Waals surface area contributed by atoms with E-state index in [-0.39, 0.29) is 17.8 Å². The van der Waals surface area contributed by atoms with E-state index in [4.69, 9.17) is 6.42 Å². The summed E-state index contributed by atoms with van der Waals surface area (Å²) in [5.41, 5.74) is 1.18. The van der Waals surface area contributed by atoms with E-state index in [9.17, 15) is 24.3 Å². The highest BCUT2D eigenvalue weighted by Crippen LogP contribution is 2.29. The third-order valence-electron chi connectivity index (χ3n) is 5.31. The van der Waals surface area contributed by atoms with Crippen LogP contribution in [0.15, 0.2) is 47.1 Å². The Morgan fingerprint density at radius 3 is 2.25 bits per heavy atom. The molecule has 172 valence electrons. The minimum Gasteiger partial charge on any atom is -0.394 e. The minimum atomic E-state index is -0.809. The Morgan fingerprint density at radius 1 is 1.19 bits per heavy atom. The van der Waals surface area contributed by atoms with Crippen LogP contribution in [0.4, 0.5) is 0 Å². The number of imide groups is 2. The number of amides is 4. The van der Waals surface area contributed by atoms with Crippen molar-refractivity contribution in [2.75, 3.05) is 13.7 Å². The van der Waals surface area contributed by atoms with Gasteiger partial charge in [-0.25, -0.2) is 0 Å². The van der Waals surface area contributed by atoms with E-state index in [1.165, 1.54) is 26.1 Å². The summed E-state index contributed by atoms with van der Waals surface area (Å²) in [4.78, 5) is 51.5. The van der Waals surface area contributed by atoms with Crippen molar-refractivity contribution in [2.45, 2.75) is 46.6 Å². The standard InChI is InChI=1S/C25H32N2O5/c1-8-19-13-23(17(4)5)22(12-11-21(19)24(31)26(7)18(6)30)25(32)27(15-29)20(14-28)10-9-16(2)3/h1,11-13,15-16,19-20,28H,4,9-10,14H2,2-3,5-7H3. The summed E-state index contributed by atoms with van der Waals surface area (Å²) in [6.45, 7) is 10.5. The van der Waals surface area contributed by atoms with Gasteiger partial charge >= 0.3 is 0 Å². The van der Waals surface area contributed by atoms with Crippen LogP contribution in [0.25, 0.3) is 0 Å². The van der Waals surface area contributed by atoms with Gasteiger partial charge in [0, 0.05) is 25.1 Å². The third kappa shape index (κ3) is 6.38. The van der Waals surface area contributed by atoms with Crippen molar-refractivity contribution in [1.82, 2.24) is 9.80 Å². The Morgan fingerprint density at radius 2 is 1.81 bits per heavy atom. The fourth-order valence-electron chi connectivity index (χ4n) is 3.23. The first kappa shape index (κ1) is 26.8. The fraction of sp³-hybridized carbons (Fsp3) is 0.440. The van der Waals surface area contributed by atoms with Gasteiger partial charge in [-0.05, 0) is 37.3 Å². The molecule has 7 nitrogen and oxygen atoms in total. The average molecular weight is 441 g/mol. The Kier molecular flexibility index (Phi) is 10.0. The Labute approximate surface area is 190 Å². The molecule has 0 spiro atoms. The van der Waals surface area contributed by atoms with Crippen LogP contribution in [-0.2, 0) is 19.2 Å². The molecule has 7 heteroatoms. The number of aliphatic hydroxyl groups excluding tert-OH is 1. The molecule has 1 rings (SSSR count). The van der Waals surface area contributed by atoms with Crippen molar-refractivity contribution in [1.29, 1.82) is 0 Å². The van der Waals surface area contributed by atoms with Crippen molar-refractivity contribution in [3.05, 3.63) is 47.1 Å². The number of likely N-dealkylation sites (N-methyl/N-ethyl adjacent to an activating group) is 1. The highest BCUT2D eigenvalue weighted by Gasteiger charge is 2.31. The van der Waals surface area contributed by atoms with Gasteiger partial charge in [-0.3, -0.25) is 29.0 Å². The molecular formula is C25H32N2O5. The molecule has 0 fully saturated rings. The topological polar surface area (TPSA) is 95.0 Å². The maximum Gasteiger partial charge on any atom is 0.261 e. The number of terminal acetylenes is 1. The maximum atomic E-state index is 13.4. The second-order valence-corrected chi connectivity index (χ2v) is 8.22. The van der Waals surface area contributed by atoms with Gasteiger partial charge in [0.1, 0.15) is 0 Å². The fourth-order valence-corrected chi connectivity index (χ4v) is 3.23. The number of rotatable bonds is 9. The van der Waals surface area contributed by atoms with Crippen molar-refractivity contribution >= 4 is 24.1 Å². The zero-order chi connectivity index (χ0) is 24.6. The number of allylic oxidation sites excluding steroid dienone is 4. The summed E-state index contributed by atoms with van der Waals surface area (Å²) in [6.07, 6.45) is 11.6. The Hall–Kier alpha value is -3.24. The lowest BCUT2D eigenvalue weighted by atomic mass is 9.92. The first-order chi connectivity index (χ1) is 15.0. The molecule has 2 unspecified atom stereocenters. The molecule has 4 amide bonds. The number of carbonyl (C=O) groups excluding carboxylic acids is 4. The van der Waals surface area contributed by atoms with E-state index < -0.39 is 29.7 Å². The summed E-state index contributed by atoms with van der Waals surface area (Å²) < 4.78 is 0. The van der Waals surface area contributed by atoms with Crippen molar-refractivity contribution in [2.24, 2.45) is 11.8 Å². The lowest BCUT2D eigenvalue weighted by Gasteiger charge is -2.27. The van der Waals surface area contributed by atoms with Gasteiger partial charge in [0.05, 0.1) is 18.6 Å². The smallest absolute Gasteiger partial charge is 0.261 e. The molecule has 0 aromatic rings. The van der Waals surface area contributed by atoms with Crippen LogP contribution in [0, 0.1) is 24.2 Å². The second kappa shape index (κ2) is 12.0. The van der Waals surface area contributed by atoms with Gasteiger partial charge in [0.25, 0.3) is 11.8 Å². The summed E-state index contributed by atoms with van der Waals surface area (Å²) >= 11 is 0. The first-order valence-corrected chi connectivity index (χ1v) is 10.4. The quantitative estimate of drug-likeness (QED) is 0.439. The molecule has 0 aromatic carbocycles. The summed E-state index contributed by atoms with van der Waals surface area (Å²) in [6, 6.07) is -0.685. The van der Waals surface area contributed by atoms with Gasteiger partial charge in [-0.2, -0.15) is 0 Å². The van der Waals surface area contributed by atoms with E-state index >= 15 is 0 Å². The molecule has 0 heterocycles. The highest BCUT2D eigenvalue weighted by molar-refractivity contribution is 6.07. The van der Waals surface area contributed by atoms with E-state index in [0.29, 0.717) is 29.9 Å². The number of hydrogen-bond acceptors (Lipinski definition) is 5. The maximum absolute atomic E-state index is 13.4. The molecule has 1 N–H and O–H groups in total. The summed E-state index contributed by atoms with van der Waals surface area (Å²) in [5.74, 6) is 0.371. The van der Waals surface area contributed by atoms with E-state index in [2.05, 4.69) is 12.5 Å². The molecule has 0 aromatic heterocycles. The molecular weight excluding hydrogens is 408 g/mol. The predicted octanol–water partition coefficient (Wildman–Crippen LogP) is 2.39. The van der Waals surface area contributed by atoms with Crippen LogP contribution in [0.1, 0.15) is 40.5 Å². The van der Waals surface area contributed by atoms with Crippen molar-refractivity contribution < 1.29 is 24.3 Å². The average Bonchev–Trinajstić information content (AvgIpc) is 2.94. The highest BCUT2D eigenvalue weighted by atomic mass is 16.3. The van der Waals surface area contributed by atoms with E-state index in [0.717, 1.165) is 16.2 Å². The molecule has 1 aliphatic rings. The predicted molar refractivity (Wildman–Crippen MR) is 123 cm³/mol. The van der Waals surface area contributed by atoms with E-state index in [1.807, 2.05) is 13.8 Å². The van der Waals surface area contributed by atoms with Gasteiger partial charge in [0.2, 0.25) is 12.3 Å². The molecule has 1 aliphatic carbocycles. The zero-order valence-electron chi connectivity index (χ0n) is 19.4. The van der Waals surface area contributed by atoms with Gasteiger partial charge in [-0.1, -0.05) is 44.1 Å². The third-order valence-corrected chi connectivity index (χ3v) is 5.31. The second-order valence-electron chi connectivity index (χ2n) is 8.22. The largest absolute Gasteiger partial charge is 0.394 e. The lowest BCUT2D eigenvalue weighted by molar-refractivity contribution is -0.140. The number of aliphatic hydroxyl groups is 1. The normalized spacial score (nSPS) is 16.6. The SMILES string of the molecule is C#CC1C=C(C(=C)C)C(C(=O)N(C=O)C(CO)CCC(C)C)=CC=C1C(=O)N(C)C(C)=O. The van der Waals surface area contributed by atoms with Crippen molar-refractivity contribution in [3.63, 3.8) is 0 Å². The van der Waals surface area contributed by atoms with Crippen LogP contribution >= 0.6 is 0 Å². The number of carbonyl (C=O) groups is 4. The molecule has 0 saturated carbocycles. The number of nitrogens with zero attached hydrogens (tertiary/aromatic N) is 2. The molecule has 2 atom stereocenters.